The van der Waals surface area contributed by atoms with Crippen LogP contribution in [0.1, 0.15) is 0 Å². The standard InChI is InChI=1S/C25H21IN4O5S2/c26-19-9-13-21(14-10-19)30(37(34,35)23-6-2-1-3-7-23)18-25(31)28-20-11-15-22(16-12-20)36(32,33)29-24-8-4-5-17-27-24/h1-17H,18H2,(H,27,29)(H,28,31). The van der Waals surface area contributed by atoms with Crippen LogP contribution in [0, 0.1) is 3.57 Å². The summed E-state index contributed by atoms with van der Waals surface area (Å²) < 4.78 is 56.3. The molecule has 0 radical (unpaired) electrons. The van der Waals surface area contributed by atoms with E-state index >= 15 is 0 Å². The zero-order chi connectivity index (χ0) is 26.5. The number of carbonyl (C=O) groups excluding carboxylic acids is 1. The Morgan fingerprint density at radius 1 is 0.784 bits per heavy atom. The van der Waals surface area contributed by atoms with Crippen LogP contribution in [0.2, 0.25) is 0 Å². The van der Waals surface area contributed by atoms with Gasteiger partial charge in [0.1, 0.15) is 12.4 Å². The van der Waals surface area contributed by atoms with E-state index in [0.29, 0.717) is 11.4 Å². The highest BCUT2D eigenvalue weighted by Gasteiger charge is 2.27. The Bertz CT molecular complexity index is 1580. The lowest BCUT2D eigenvalue weighted by Gasteiger charge is -2.24. The van der Waals surface area contributed by atoms with Crippen LogP contribution in [0.15, 0.2) is 113 Å². The minimum atomic E-state index is -4.03. The predicted molar refractivity (Wildman–Crippen MR) is 150 cm³/mol. The van der Waals surface area contributed by atoms with E-state index in [2.05, 4.69) is 37.6 Å². The van der Waals surface area contributed by atoms with E-state index in [1.165, 1.54) is 48.7 Å². The van der Waals surface area contributed by atoms with E-state index in [9.17, 15) is 21.6 Å². The van der Waals surface area contributed by atoms with Gasteiger partial charge in [-0.2, -0.15) is 0 Å². The lowest BCUT2D eigenvalue weighted by Crippen LogP contribution is -2.38. The molecule has 0 aliphatic rings. The Morgan fingerprint density at radius 2 is 1.43 bits per heavy atom. The minimum absolute atomic E-state index is 0.0247. The first kappa shape index (κ1) is 26.6. The van der Waals surface area contributed by atoms with Gasteiger partial charge < -0.3 is 5.32 Å². The van der Waals surface area contributed by atoms with Crippen LogP contribution in [-0.2, 0) is 24.8 Å². The van der Waals surface area contributed by atoms with Crippen molar-refractivity contribution in [3.05, 3.63) is 107 Å². The highest BCUT2D eigenvalue weighted by atomic mass is 127. The van der Waals surface area contributed by atoms with Crippen LogP contribution in [0.5, 0.6) is 0 Å². The largest absolute Gasteiger partial charge is 0.325 e. The Morgan fingerprint density at radius 3 is 2.05 bits per heavy atom. The average Bonchev–Trinajstić information content (AvgIpc) is 2.89. The number of halogens is 1. The molecule has 4 rings (SSSR count). The van der Waals surface area contributed by atoms with E-state index in [-0.39, 0.29) is 15.6 Å². The van der Waals surface area contributed by atoms with Gasteiger partial charge in [-0.3, -0.25) is 13.8 Å². The number of carbonyl (C=O) groups is 1. The van der Waals surface area contributed by atoms with Crippen molar-refractivity contribution < 1.29 is 21.6 Å². The zero-order valence-electron chi connectivity index (χ0n) is 19.2. The maximum atomic E-state index is 13.4. The molecule has 0 atom stereocenters. The number of hydrogen-bond donors (Lipinski definition) is 2. The first-order chi connectivity index (χ1) is 17.6. The molecule has 37 heavy (non-hydrogen) atoms. The lowest BCUT2D eigenvalue weighted by atomic mass is 10.3. The Kier molecular flexibility index (Phi) is 8.10. The van der Waals surface area contributed by atoms with Crippen LogP contribution < -0.4 is 14.3 Å². The fraction of sp³-hybridized carbons (Fsp3) is 0.0400. The Balaban J connectivity index is 1.52. The second-order valence-corrected chi connectivity index (χ2v) is 12.5. The van der Waals surface area contributed by atoms with E-state index in [1.54, 1.807) is 54.6 Å². The number of sulfonamides is 2. The summed E-state index contributed by atoms with van der Waals surface area (Å²) in [5, 5.41) is 2.63. The number of amides is 1. The lowest BCUT2D eigenvalue weighted by molar-refractivity contribution is -0.114. The summed E-state index contributed by atoms with van der Waals surface area (Å²) in [7, 11) is -7.91. The van der Waals surface area contributed by atoms with E-state index in [1.807, 2.05) is 0 Å². The van der Waals surface area contributed by atoms with Crippen molar-refractivity contribution in [2.75, 3.05) is 20.9 Å². The number of benzene rings is 3. The van der Waals surface area contributed by atoms with Gasteiger partial charge in [0.25, 0.3) is 20.0 Å². The minimum Gasteiger partial charge on any atom is -0.325 e. The van der Waals surface area contributed by atoms with Gasteiger partial charge in [0.15, 0.2) is 0 Å². The topological polar surface area (TPSA) is 126 Å². The molecular weight excluding hydrogens is 627 g/mol. The van der Waals surface area contributed by atoms with Crippen molar-refractivity contribution in [2.45, 2.75) is 9.79 Å². The molecule has 0 aliphatic heterocycles. The van der Waals surface area contributed by atoms with E-state index < -0.39 is 32.5 Å². The molecule has 1 heterocycles. The van der Waals surface area contributed by atoms with Gasteiger partial charge in [-0.1, -0.05) is 24.3 Å². The van der Waals surface area contributed by atoms with E-state index in [0.717, 1.165) is 7.88 Å². The normalized spacial score (nSPS) is 11.5. The van der Waals surface area contributed by atoms with Crippen molar-refractivity contribution >= 4 is 65.7 Å². The van der Waals surface area contributed by atoms with Gasteiger partial charge in [0.05, 0.1) is 15.5 Å². The quantitative estimate of drug-likeness (QED) is 0.261. The second-order valence-electron chi connectivity index (χ2n) is 7.69. The van der Waals surface area contributed by atoms with Crippen LogP contribution in [0.4, 0.5) is 17.2 Å². The molecule has 190 valence electrons. The molecule has 0 spiro atoms. The second kappa shape index (κ2) is 11.3. The van der Waals surface area contributed by atoms with Gasteiger partial charge in [-0.25, -0.2) is 21.8 Å². The summed E-state index contributed by atoms with van der Waals surface area (Å²) >= 11 is 2.11. The molecule has 0 unspecified atom stereocenters. The molecule has 0 aliphatic carbocycles. The molecule has 0 saturated carbocycles. The molecule has 4 aromatic rings. The molecule has 2 N–H and O–H groups in total. The third-order valence-electron chi connectivity index (χ3n) is 5.09. The molecule has 0 saturated heterocycles. The number of rotatable bonds is 9. The first-order valence-electron chi connectivity index (χ1n) is 10.8. The first-order valence-corrected chi connectivity index (χ1v) is 14.8. The molecule has 0 bridgehead atoms. The molecule has 3 aromatic carbocycles. The van der Waals surface area contributed by atoms with E-state index in [4.69, 9.17) is 0 Å². The van der Waals surface area contributed by atoms with Gasteiger partial charge in [0, 0.05) is 15.5 Å². The summed E-state index contributed by atoms with van der Waals surface area (Å²) in [6.45, 7) is -0.487. The van der Waals surface area contributed by atoms with Gasteiger partial charge in [-0.15, -0.1) is 0 Å². The summed E-state index contributed by atoms with van der Waals surface area (Å²) in [6, 6.07) is 25.0. The van der Waals surface area contributed by atoms with Crippen molar-refractivity contribution in [1.82, 2.24) is 4.98 Å². The van der Waals surface area contributed by atoms with Gasteiger partial charge >= 0.3 is 0 Å². The molecule has 12 heteroatoms. The molecule has 0 fully saturated rings. The summed E-state index contributed by atoms with van der Waals surface area (Å²) in [6.07, 6.45) is 1.47. The Labute approximate surface area is 228 Å². The SMILES string of the molecule is O=C(CN(c1ccc(I)cc1)S(=O)(=O)c1ccccc1)Nc1ccc(S(=O)(=O)Nc2ccccn2)cc1. The summed E-state index contributed by atoms with van der Waals surface area (Å²) in [5.41, 5.74) is 0.642. The van der Waals surface area contributed by atoms with Crippen molar-refractivity contribution in [1.29, 1.82) is 0 Å². The van der Waals surface area contributed by atoms with Crippen LogP contribution in [-0.4, -0.2) is 34.3 Å². The highest BCUT2D eigenvalue weighted by Crippen LogP contribution is 2.25. The van der Waals surface area contributed by atoms with Crippen LogP contribution >= 0.6 is 22.6 Å². The predicted octanol–water partition coefficient (Wildman–Crippen LogP) is 4.32. The fourth-order valence-corrected chi connectivity index (χ4v) is 6.12. The molecule has 1 aromatic heterocycles. The number of anilines is 3. The highest BCUT2D eigenvalue weighted by molar-refractivity contribution is 14.1. The van der Waals surface area contributed by atoms with Crippen LogP contribution in [0.25, 0.3) is 0 Å². The molecular formula is C25H21IN4O5S2. The molecule has 9 nitrogen and oxygen atoms in total. The third kappa shape index (κ3) is 6.64. The smallest absolute Gasteiger partial charge is 0.264 e. The van der Waals surface area contributed by atoms with Crippen LogP contribution in [0.3, 0.4) is 0 Å². The Hall–Kier alpha value is -3.49. The third-order valence-corrected chi connectivity index (χ3v) is 8.96. The van der Waals surface area contributed by atoms with Crippen molar-refractivity contribution in [3.8, 4) is 0 Å². The number of nitrogens with one attached hydrogen (secondary N) is 2. The van der Waals surface area contributed by atoms with Gasteiger partial charge in [-0.05, 0) is 95.4 Å². The maximum absolute atomic E-state index is 13.4. The fourth-order valence-electron chi connectivity index (χ4n) is 3.31. The summed E-state index contributed by atoms with van der Waals surface area (Å²) in [5.74, 6) is -0.421. The monoisotopic (exact) mass is 648 g/mol. The summed E-state index contributed by atoms with van der Waals surface area (Å²) in [4.78, 5) is 16.9. The number of pyridine rings is 1. The van der Waals surface area contributed by atoms with Gasteiger partial charge in [0.2, 0.25) is 5.91 Å². The number of hydrogen-bond acceptors (Lipinski definition) is 6. The van der Waals surface area contributed by atoms with Crippen molar-refractivity contribution in [3.63, 3.8) is 0 Å². The zero-order valence-corrected chi connectivity index (χ0v) is 22.9. The number of nitrogens with zero attached hydrogens (tertiary/aromatic N) is 2. The number of aromatic nitrogens is 1. The average molecular weight is 649 g/mol. The maximum Gasteiger partial charge on any atom is 0.264 e. The molecule has 1 amide bonds. The van der Waals surface area contributed by atoms with Crippen molar-refractivity contribution in [2.24, 2.45) is 0 Å².